The molecule has 0 aliphatic heterocycles. The number of nitrogens with two attached hydrogens (primary N) is 1. The number of sulfonamides is 1. The maximum absolute atomic E-state index is 12.3. The van der Waals surface area contributed by atoms with E-state index in [0.717, 1.165) is 4.31 Å². The Bertz CT molecular complexity index is 658. The van der Waals surface area contributed by atoms with Gasteiger partial charge in [0, 0.05) is 18.7 Å². The lowest BCUT2D eigenvalue weighted by Crippen LogP contribution is -2.38. The zero-order valence-corrected chi connectivity index (χ0v) is 12.8. The van der Waals surface area contributed by atoms with Gasteiger partial charge in [-0.3, -0.25) is 10.1 Å². The molecule has 7 nitrogen and oxygen atoms in total. The van der Waals surface area contributed by atoms with Crippen LogP contribution in [-0.4, -0.2) is 35.7 Å². The van der Waals surface area contributed by atoms with Gasteiger partial charge >= 0.3 is 0 Å². The van der Waals surface area contributed by atoms with Gasteiger partial charge in [0.1, 0.15) is 0 Å². The molecule has 0 radical (unpaired) electrons. The summed E-state index contributed by atoms with van der Waals surface area (Å²) in [6, 6.07) is 5.48. The maximum atomic E-state index is 12.3. The highest BCUT2D eigenvalue weighted by atomic mass is 32.2. The average molecular weight is 329 g/mol. The first-order valence-electron chi connectivity index (χ1n) is 5.86. The lowest BCUT2D eigenvalue weighted by Gasteiger charge is -2.19. The number of hydrogen-bond donors (Lipinski definition) is 1. The Balaban J connectivity index is 3.01. The van der Waals surface area contributed by atoms with E-state index in [4.69, 9.17) is 18.0 Å². The van der Waals surface area contributed by atoms with Gasteiger partial charge in [0.2, 0.25) is 10.0 Å². The van der Waals surface area contributed by atoms with Crippen LogP contribution in [0.4, 0.5) is 5.69 Å². The summed E-state index contributed by atoms with van der Waals surface area (Å²) in [6.07, 6.45) is 1.42. The number of nitro benzene ring substituents is 1. The molecular formula is C12H15N3O4S2. The fourth-order valence-corrected chi connectivity index (χ4v) is 3.35. The molecule has 0 aromatic heterocycles. The predicted molar refractivity (Wildman–Crippen MR) is 84.3 cm³/mol. The summed E-state index contributed by atoms with van der Waals surface area (Å²) in [5.74, 6) is -0.370. The van der Waals surface area contributed by atoms with Crippen molar-refractivity contribution < 1.29 is 13.3 Å². The molecule has 9 heteroatoms. The van der Waals surface area contributed by atoms with E-state index >= 15 is 0 Å². The van der Waals surface area contributed by atoms with Crippen LogP contribution in [-0.2, 0) is 15.8 Å². The average Bonchev–Trinajstić information content (AvgIpc) is 2.37. The summed E-state index contributed by atoms with van der Waals surface area (Å²) in [6.45, 7) is 3.45. The van der Waals surface area contributed by atoms with E-state index in [1.54, 1.807) is 0 Å². The standard InChI is InChI=1S/C12H15N3O4S2/c1-2-6-14(8-12(13)20)21(18,19)9-10-4-3-5-11(7-10)15(16)17/h2-5,7H,1,6,8-9H2,(H2,13,20). The van der Waals surface area contributed by atoms with E-state index in [2.05, 4.69) is 6.58 Å². The summed E-state index contributed by atoms with van der Waals surface area (Å²) in [7, 11) is -3.70. The van der Waals surface area contributed by atoms with Crippen molar-refractivity contribution in [3.05, 3.63) is 52.6 Å². The van der Waals surface area contributed by atoms with Crippen LogP contribution in [0.5, 0.6) is 0 Å². The molecule has 1 rings (SSSR count). The van der Waals surface area contributed by atoms with Gasteiger partial charge in [0.05, 0.1) is 22.2 Å². The largest absolute Gasteiger partial charge is 0.392 e. The molecule has 0 fully saturated rings. The maximum Gasteiger partial charge on any atom is 0.269 e. The summed E-state index contributed by atoms with van der Waals surface area (Å²) in [4.78, 5) is 10.2. The van der Waals surface area contributed by atoms with E-state index in [9.17, 15) is 18.5 Å². The Morgan fingerprint density at radius 1 is 1.52 bits per heavy atom. The first kappa shape index (κ1) is 17.2. The topological polar surface area (TPSA) is 107 Å². The number of nitro groups is 1. The number of thiocarbonyl (C=S) groups is 1. The van der Waals surface area contributed by atoms with Crippen LogP contribution in [0.2, 0.25) is 0 Å². The summed E-state index contributed by atoms with van der Waals surface area (Å²) in [5, 5.41) is 10.7. The Morgan fingerprint density at radius 3 is 2.71 bits per heavy atom. The number of rotatable bonds is 8. The predicted octanol–water partition coefficient (Wildman–Crippen LogP) is 1.20. The lowest BCUT2D eigenvalue weighted by molar-refractivity contribution is -0.384. The minimum Gasteiger partial charge on any atom is -0.392 e. The van der Waals surface area contributed by atoms with Crippen molar-refractivity contribution in [2.45, 2.75) is 5.75 Å². The highest BCUT2D eigenvalue weighted by Gasteiger charge is 2.22. The van der Waals surface area contributed by atoms with Gasteiger partial charge in [-0.2, -0.15) is 4.31 Å². The van der Waals surface area contributed by atoms with E-state index in [1.807, 2.05) is 0 Å². The van der Waals surface area contributed by atoms with Crippen molar-refractivity contribution in [1.29, 1.82) is 0 Å². The van der Waals surface area contributed by atoms with Crippen LogP contribution < -0.4 is 5.73 Å². The molecular weight excluding hydrogens is 314 g/mol. The molecule has 0 atom stereocenters. The Morgan fingerprint density at radius 2 is 2.19 bits per heavy atom. The first-order chi connectivity index (χ1) is 9.76. The molecule has 0 aliphatic carbocycles. The zero-order valence-electron chi connectivity index (χ0n) is 11.1. The van der Waals surface area contributed by atoms with Crippen molar-refractivity contribution in [3.63, 3.8) is 0 Å². The molecule has 1 aromatic rings. The quantitative estimate of drug-likeness (QED) is 0.332. The van der Waals surface area contributed by atoms with Crippen LogP contribution in [0.3, 0.4) is 0 Å². The van der Waals surface area contributed by atoms with Gasteiger partial charge in [-0.05, 0) is 5.56 Å². The zero-order chi connectivity index (χ0) is 16.0. The summed E-state index contributed by atoms with van der Waals surface area (Å²) in [5.41, 5.74) is 5.54. The third-order valence-corrected chi connectivity index (χ3v) is 4.42. The van der Waals surface area contributed by atoms with Gasteiger partial charge in [-0.1, -0.05) is 30.4 Å². The second-order valence-corrected chi connectivity index (χ2v) is 6.72. The fourth-order valence-electron chi connectivity index (χ4n) is 1.66. The van der Waals surface area contributed by atoms with Crippen molar-refractivity contribution >= 4 is 32.9 Å². The number of nitrogens with zero attached hydrogens (tertiary/aromatic N) is 2. The molecule has 0 aliphatic rings. The van der Waals surface area contributed by atoms with E-state index < -0.39 is 14.9 Å². The van der Waals surface area contributed by atoms with Crippen LogP contribution in [0.1, 0.15) is 5.56 Å². The van der Waals surface area contributed by atoms with Crippen LogP contribution in [0.25, 0.3) is 0 Å². The molecule has 0 spiro atoms. The van der Waals surface area contributed by atoms with Crippen LogP contribution in [0, 0.1) is 10.1 Å². The van der Waals surface area contributed by atoms with Gasteiger partial charge in [-0.25, -0.2) is 8.42 Å². The SMILES string of the molecule is C=CCN(CC(N)=S)S(=O)(=O)Cc1cccc([N+](=O)[O-])c1. The Labute approximate surface area is 128 Å². The molecule has 0 heterocycles. The number of hydrogen-bond acceptors (Lipinski definition) is 5. The fraction of sp³-hybridized carbons (Fsp3) is 0.250. The molecule has 0 unspecified atom stereocenters. The van der Waals surface area contributed by atoms with Gasteiger partial charge in [-0.15, -0.1) is 6.58 Å². The second kappa shape index (κ2) is 7.25. The molecule has 0 amide bonds. The normalized spacial score (nSPS) is 11.3. The Hall–Kier alpha value is -1.84. The minimum absolute atomic E-state index is 0.0412. The van der Waals surface area contributed by atoms with E-state index in [-0.39, 0.29) is 29.5 Å². The highest BCUT2D eigenvalue weighted by molar-refractivity contribution is 7.88. The number of benzene rings is 1. The monoisotopic (exact) mass is 329 g/mol. The number of non-ortho nitro benzene ring substituents is 1. The summed E-state index contributed by atoms with van der Waals surface area (Å²) < 4.78 is 25.7. The van der Waals surface area contributed by atoms with Crippen LogP contribution >= 0.6 is 12.2 Å². The molecule has 0 saturated carbocycles. The minimum atomic E-state index is -3.70. The van der Waals surface area contributed by atoms with Crippen molar-refractivity contribution in [2.75, 3.05) is 13.1 Å². The molecule has 114 valence electrons. The van der Waals surface area contributed by atoms with Gasteiger partial charge in [0.15, 0.2) is 0 Å². The van der Waals surface area contributed by atoms with E-state index in [0.29, 0.717) is 5.56 Å². The molecule has 0 saturated heterocycles. The molecule has 2 N–H and O–H groups in total. The lowest BCUT2D eigenvalue weighted by atomic mass is 10.2. The third-order valence-electron chi connectivity index (χ3n) is 2.53. The molecule has 21 heavy (non-hydrogen) atoms. The summed E-state index contributed by atoms with van der Waals surface area (Å²) >= 11 is 4.72. The first-order valence-corrected chi connectivity index (χ1v) is 7.88. The smallest absolute Gasteiger partial charge is 0.269 e. The van der Waals surface area contributed by atoms with Gasteiger partial charge in [0.25, 0.3) is 5.69 Å². The van der Waals surface area contributed by atoms with E-state index in [1.165, 1.54) is 30.3 Å². The van der Waals surface area contributed by atoms with Crippen molar-refractivity contribution in [2.24, 2.45) is 5.73 Å². The third kappa shape index (κ3) is 5.21. The van der Waals surface area contributed by atoms with Crippen molar-refractivity contribution in [3.8, 4) is 0 Å². The second-order valence-electron chi connectivity index (χ2n) is 4.23. The van der Waals surface area contributed by atoms with Crippen molar-refractivity contribution in [1.82, 2.24) is 4.31 Å². The van der Waals surface area contributed by atoms with Crippen LogP contribution in [0.15, 0.2) is 36.9 Å². The molecule has 0 bridgehead atoms. The Kier molecular flexibility index (Phi) is 5.94. The molecule has 1 aromatic carbocycles. The highest BCUT2D eigenvalue weighted by Crippen LogP contribution is 2.17. The van der Waals surface area contributed by atoms with Gasteiger partial charge < -0.3 is 5.73 Å².